The predicted molar refractivity (Wildman–Crippen MR) is 78.3 cm³/mol. The summed E-state index contributed by atoms with van der Waals surface area (Å²) >= 11 is 0. The van der Waals surface area contributed by atoms with Crippen LogP contribution in [0, 0.1) is 0 Å². The second-order valence-electron chi connectivity index (χ2n) is 5.56. The van der Waals surface area contributed by atoms with Gasteiger partial charge in [0.25, 0.3) is 5.89 Å². The molecule has 1 N–H and O–H groups in total. The molecule has 24 heavy (non-hydrogen) atoms. The van der Waals surface area contributed by atoms with Gasteiger partial charge in [-0.25, -0.2) is 0 Å². The molecule has 0 radical (unpaired) electrons. The Morgan fingerprint density at radius 2 is 2.25 bits per heavy atom. The minimum atomic E-state index is -4.41. The van der Waals surface area contributed by atoms with E-state index < -0.39 is 11.7 Å². The van der Waals surface area contributed by atoms with E-state index in [4.69, 9.17) is 9.26 Å². The van der Waals surface area contributed by atoms with E-state index in [1.165, 1.54) is 12.1 Å². The van der Waals surface area contributed by atoms with Gasteiger partial charge in [-0.15, -0.1) is 0 Å². The second kappa shape index (κ2) is 6.78. The summed E-state index contributed by atoms with van der Waals surface area (Å²) in [6.07, 6.45) is -4.41. The van der Waals surface area contributed by atoms with Gasteiger partial charge in [0, 0.05) is 19.6 Å². The van der Waals surface area contributed by atoms with Crippen LogP contribution in [-0.4, -0.2) is 41.7 Å². The van der Waals surface area contributed by atoms with Crippen molar-refractivity contribution in [3.63, 3.8) is 0 Å². The maximum Gasteiger partial charge on any atom is 0.416 e. The molecule has 1 unspecified atom stereocenters. The molecular weight excluding hydrogens is 325 g/mol. The number of ether oxygens (including phenoxy) is 1. The lowest BCUT2D eigenvalue weighted by molar-refractivity contribution is -0.137. The van der Waals surface area contributed by atoms with Gasteiger partial charge in [0.1, 0.15) is 5.75 Å². The van der Waals surface area contributed by atoms with Gasteiger partial charge in [0.15, 0.2) is 12.4 Å². The first-order valence-electron chi connectivity index (χ1n) is 7.47. The lowest BCUT2D eigenvalue weighted by Gasteiger charge is -2.30. The SMILES string of the molecule is CN1CCNCC1c1noc(COc2cccc(C(F)(F)F)c2)n1. The molecule has 1 saturated heterocycles. The molecule has 2 aromatic rings. The van der Waals surface area contributed by atoms with Crippen molar-refractivity contribution in [2.45, 2.75) is 18.8 Å². The molecular formula is C15H17F3N4O2. The Kier molecular flexibility index (Phi) is 4.72. The summed E-state index contributed by atoms with van der Waals surface area (Å²) in [5.41, 5.74) is -0.763. The average Bonchev–Trinajstić information content (AvgIpc) is 3.02. The minimum Gasteiger partial charge on any atom is -0.484 e. The third-order valence-corrected chi connectivity index (χ3v) is 3.82. The second-order valence-corrected chi connectivity index (χ2v) is 5.56. The third-order valence-electron chi connectivity index (χ3n) is 3.82. The van der Waals surface area contributed by atoms with Gasteiger partial charge in [-0.1, -0.05) is 11.2 Å². The average molecular weight is 342 g/mol. The lowest BCUT2D eigenvalue weighted by atomic mass is 10.2. The van der Waals surface area contributed by atoms with E-state index in [1.54, 1.807) is 0 Å². The monoisotopic (exact) mass is 342 g/mol. The maximum absolute atomic E-state index is 12.7. The standard InChI is InChI=1S/C15H17F3N4O2/c1-22-6-5-19-8-12(22)14-20-13(24-21-14)9-23-11-4-2-3-10(7-11)15(16,17)18/h2-4,7,12,19H,5-6,8-9H2,1H3. The van der Waals surface area contributed by atoms with E-state index in [2.05, 4.69) is 20.4 Å². The number of rotatable bonds is 4. The fourth-order valence-corrected chi connectivity index (χ4v) is 2.46. The highest BCUT2D eigenvalue weighted by molar-refractivity contribution is 5.30. The van der Waals surface area contributed by atoms with Gasteiger partial charge in [-0.05, 0) is 25.2 Å². The zero-order valence-electron chi connectivity index (χ0n) is 13.0. The van der Waals surface area contributed by atoms with Crippen LogP contribution >= 0.6 is 0 Å². The van der Waals surface area contributed by atoms with Crippen molar-refractivity contribution in [3.05, 3.63) is 41.5 Å². The zero-order valence-corrected chi connectivity index (χ0v) is 13.0. The van der Waals surface area contributed by atoms with Gasteiger partial charge in [-0.3, -0.25) is 4.90 Å². The van der Waals surface area contributed by atoms with Crippen LogP contribution in [-0.2, 0) is 12.8 Å². The highest BCUT2D eigenvalue weighted by Crippen LogP contribution is 2.31. The highest BCUT2D eigenvalue weighted by Gasteiger charge is 2.30. The number of hydrogen-bond acceptors (Lipinski definition) is 6. The Hall–Kier alpha value is -2.13. The van der Waals surface area contributed by atoms with Crippen molar-refractivity contribution < 1.29 is 22.4 Å². The zero-order chi connectivity index (χ0) is 17.2. The summed E-state index contributed by atoms with van der Waals surface area (Å²) in [5, 5.41) is 7.18. The van der Waals surface area contributed by atoms with E-state index >= 15 is 0 Å². The topological polar surface area (TPSA) is 63.4 Å². The molecule has 130 valence electrons. The molecule has 0 spiro atoms. The first kappa shape index (κ1) is 16.7. The number of nitrogens with zero attached hydrogens (tertiary/aromatic N) is 3. The fraction of sp³-hybridized carbons (Fsp3) is 0.467. The summed E-state index contributed by atoms with van der Waals surface area (Å²) in [7, 11) is 1.97. The van der Waals surface area contributed by atoms with Crippen LogP contribution in [0.15, 0.2) is 28.8 Å². The smallest absolute Gasteiger partial charge is 0.416 e. The van der Waals surface area contributed by atoms with Crippen molar-refractivity contribution in [1.82, 2.24) is 20.4 Å². The number of alkyl halides is 3. The number of piperazine rings is 1. The van der Waals surface area contributed by atoms with Crippen molar-refractivity contribution in [2.24, 2.45) is 0 Å². The number of hydrogen-bond donors (Lipinski definition) is 1. The molecule has 9 heteroatoms. The van der Waals surface area contributed by atoms with Gasteiger partial charge < -0.3 is 14.6 Å². The Balaban J connectivity index is 1.63. The summed E-state index contributed by atoms with van der Waals surface area (Å²) in [4.78, 5) is 6.37. The molecule has 3 rings (SSSR count). The largest absolute Gasteiger partial charge is 0.484 e. The summed E-state index contributed by atoms with van der Waals surface area (Å²) in [5.74, 6) is 0.856. The first-order valence-corrected chi connectivity index (χ1v) is 7.47. The van der Waals surface area contributed by atoms with Gasteiger partial charge in [0.05, 0.1) is 11.6 Å². The molecule has 0 amide bonds. The quantitative estimate of drug-likeness (QED) is 0.919. The van der Waals surface area contributed by atoms with Crippen molar-refractivity contribution in [3.8, 4) is 5.75 Å². The fourth-order valence-electron chi connectivity index (χ4n) is 2.46. The Labute approximate surface area is 136 Å². The molecule has 1 aliphatic heterocycles. The number of benzene rings is 1. The van der Waals surface area contributed by atoms with Crippen LogP contribution in [0.4, 0.5) is 13.2 Å². The van der Waals surface area contributed by atoms with E-state index in [1.807, 2.05) is 7.05 Å². The molecule has 1 aliphatic rings. The Bertz CT molecular complexity index is 689. The van der Waals surface area contributed by atoms with Crippen LogP contribution in [0.1, 0.15) is 23.3 Å². The first-order chi connectivity index (χ1) is 11.4. The summed E-state index contributed by atoms with van der Waals surface area (Å²) < 4.78 is 48.5. The third kappa shape index (κ3) is 3.85. The van der Waals surface area contributed by atoms with E-state index in [0.29, 0.717) is 12.4 Å². The van der Waals surface area contributed by atoms with Crippen LogP contribution in [0.3, 0.4) is 0 Å². The van der Waals surface area contributed by atoms with Gasteiger partial charge in [-0.2, -0.15) is 18.2 Å². The Morgan fingerprint density at radius 3 is 3.00 bits per heavy atom. The number of halogens is 3. The van der Waals surface area contributed by atoms with E-state index in [9.17, 15) is 13.2 Å². The molecule has 1 aromatic carbocycles. The van der Waals surface area contributed by atoms with Crippen LogP contribution < -0.4 is 10.1 Å². The van der Waals surface area contributed by atoms with E-state index in [0.717, 1.165) is 25.2 Å². The van der Waals surface area contributed by atoms with Gasteiger partial charge in [0.2, 0.25) is 0 Å². The molecule has 0 aliphatic carbocycles. The molecule has 0 bridgehead atoms. The summed E-state index contributed by atoms with van der Waals surface area (Å²) in [6.45, 7) is 2.40. The summed E-state index contributed by atoms with van der Waals surface area (Å²) in [6, 6.07) is 4.68. The molecule has 0 saturated carbocycles. The molecule has 1 atom stereocenters. The van der Waals surface area contributed by atoms with Crippen LogP contribution in [0.25, 0.3) is 0 Å². The normalized spacial score (nSPS) is 19.4. The molecule has 1 aromatic heterocycles. The highest BCUT2D eigenvalue weighted by atomic mass is 19.4. The number of likely N-dealkylation sites (N-methyl/N-ethyl adjacent to an activating group) is 1. The van der Waals surface area contributed by atoms with E-state index in [-0.39, 0.29) is 24.3 Å². The maximum atomic E-state index is 12.7. The van der Waals surface area contributed by atoms with Gasteiger partial charge >= 0.3 is 6.18 Å². The molecule has 6 nitrogen and oxygen atoms in total. The van der Waals surface area contributed by atoms with Crippen LogP contribution in [0.5, 0.6) is 5.75 Å². The lowest BCUT2D eigenvalue weighted by Crippen LogP contribution is -2.44. The molecule has 2 heterocycles. The number of nitrogens with one attached hydrogen (secondary N) is 1. The van der Waals surface area contributed by atoms with Crippen molar-refractivity contribution in [1.29, 1.82) is 0 Å². The van der Waals surface area contributed by atoms with Crippen molar-refractivity contribution in [2.75, 3.05) is 26.7 Å². The Morgan fingerprint density at radius 1 is 1.42 bits per heavy atom. The predicted octanol–water partition coefficient (Wildman–Crippen LogP) is 2.24. The minimum absolute atomic E-state index is 0.00445. The number of aromatic nitrogens is 2. The van der Waals surface area contributed by atoms with Crippen molar-refractivity contribution >= 4 is 0 Å². The molecule has 1 fully saturated rings. The van der Waals surface area contributed by atoms with Crippen LogP contribution in [0.2, 0.25) is 0 Å².